The first-order chi connectivity index (χ1) is 7.74. The lowest BCUT2D eigenvalue weighted by Gasteiger charge is -2.38. The Morgan fingerprint density at radius 1 is 1.50 bits per heavy atom. The highest BCUT2D eigenvalue weighted by atomic mass is 32.2. The van der Waals surface area contributed by atoms with Crippen LogP contribution in [0.25, 0.3) is 0 Å². The molecule has 0 saturated carbocycles. The van der Waals surface area contributed by atoms with E-state index in [1.807, 2.05) is 35.4 Å². The average Bonchev–Trinajstić information content (AvgIpc) is 2.27. The van der Waals surface area contributed by atoms with Crippen molar-refractivity contribution in [1.82, 2.24) is 4.90 Å². The molecule has 1 aromatic carbocycles. The van der Waals surface area contributed by atoms with E-state index in [2.05, 4.69) is 0 Å². The summed E-state index contributed by atoms with van der Waals surface area (Å²) in [5, 5.41) is 0. The summed E-state index contributed by atoms with van der Waals surface area (Å²) in [6.07, 6.45) is 2.22. The number of hydrogen-bond acceptors (Lipinski definition) is 3. The average molecular weight is 237 g/mol. The van der Waals surface area contributed by atoms with Gasteiger partial charge in [0.15, 0.2) is 0 Å². The van der Waals surface area contributed by atoms with Gasteiger partial charge in [0.25, 0.3) is 5.91 Å². The highest BCUT2D eigenvalue weighted by molar-refractivity contribution is 7.98. The number of hydrogen-bond donors (Lipinski definition) is 0. The van der Waals surface area contributed by atoms with Crippen LogP contribution < -0.4 is 0 Å². The molecule has 2 rings (SSSR count). The van der Waals surface area contributed by atoms with Gasteiger partial charge in [-0.05, 0) is 24.5 Å². The second kappa shape index (κ2) is 4.89. The summed E-state index contributed by atoms with van der Waals surface area (Å²) in [5.41, 5.74) is 0.765. The lowest BCUT2D eigenvalue weighted by Crippen LogP contribution is -2.54. The van der Waals surface area contributed by atoms with E-state index >= 15 is 0 Å². The minimum absolute atomic E-state index is 0.101. The van der Waals surface area contributed by atoms with E-state index in [1.165, 1.54) is 0 Å². The zero-order valence-electron chi connectivity index (χ0n) is 9.47. The van der Waals surface area contributed by atoms with Gasteiger partial charge in [-0.2, -0.15) is 0 Å². The number of carbonyl (C=O) groups excluding carboxylic acids is 1. The molecule has 1 aliphatic rings. The minimum atomic E-state index is 0.101. The Kier molecular flexibility index (Phi) is 3.51. The lowest BCUT2D eigenvalue weighted by molar-refractivity contribution is -0.0192. The molecule has 0 radical (unpaired) electrons. The van der Waals surface area contributed by atoms with Crippen molar-refractivity contribution in [3.8, 4) is 0 Å². The number of rotatable bonds is 3. The molecule has 0 unspecified atom stereocenters. The number of carbonyl (C=O) groups is 1. The molecule has 1 aliphatic heterocycles. The number of ether oxygens (including phenoxy) is 1. The van der Waals surface area contributed by atoms with Crippen LogP contribution in [-0.4, -0.2) is 43.4 Å². The van der Waals surface area contributed by atoms with Crippen molar-refractivity contribution in [1.29, 1.82) is 0 Å². The molecular formula is C12H15NO2S. The Morgan fingerprint density at radius 3 is 2.88 bits per heavy atom. The Morgan fingerprint density at radius 2 is 2.25 bits per heavy atom. The Balaban J connectivity index is 2.04. The molecular weight excluding hydrogens is 222 g/mol. The predicted molar refractivity (Wildman–Crippen MR) is 64.9 cm³/mol. The Bertz CT molecular complexity index is 388. The molecule has 16 heavy (non-hydrogen) atoms. The molecule has 0 bridgehead atoms. The predicted octanol–water partition coefficient (Wildman–Crippen LogP) is 1.88. The fourth-order valence-corrected chi connectivity index (χ4v) is 2.15. The SMILES string of the molecule is COC1CN(C(=O)c2cccc(SC)c2)C1. The van der Waals surface area contributed by atoms with Crippen LogP contribution in [0.5, 0.6) is 0 Å². The summed E-state index contributed by atoms with van der Waals surface area (Å²) in [6, 6.07) is 7.73. The van der Waals surface area contributed by atoms with Crippen molar-refractivity contribution in [2.24, 2.45) is 0 Å². The topological polar surface area (TPSA) is 29.5 Å². The zero-order valence-corrected chi connectivity index (χ0v) is 10.3. The molecule has 0 aliphatic carbocycles. The van der Waals surface area contributed by atoms with Gasteiger partial charge < -0.3 is 9.64 Å². The van der Waals surface area contributed by atoms with Crippen molar-refractivity contribution < 1.29 is 9.53 Å². The molecule has 1 heterocycles. The second-order valence-corrected chi connectivity index (χ2v) is 4.68. The molecule has 1 saturated heterocycles. The number of likely N-dealkylation sites (tertiary alicyclic amines) is 1. The second-order valence-electron chi connectivity index (χ2n) is 3.80. The maximum absolute atomic E-state index is 12.0. The van der Waals surface area contributed by atoms with Gasteiger partial charge in [-0.25, -0.2) is 0 Å². The zero-order chi connectivity index (χ0) is 11.5. The number of nitrogens with zero attached hydrogens (tertiary/aromatic N) is 1. The van der Waals surface area contributed by atoms with E-state index in [0.29, 0.717) is 13.1 Å². The fraction of sp³-hybridized carbons (Fsp3) is 0.417. The molecule has 3 nitrogen and oxygen atoms in total. The van der Waals surface area contributed by atoms with Crippen LogP contribution in [-0.2, 0) is 4.74 Å². The standard InChI is InChI=1S/C12H15NO2S/c1-15-10-7-13(8-10)12(14)9-4-3-5-11(6-9)16-2/h3-6,10H,7-8H2,1-2H3. The summed E-state index contributed by atoms with van der Waals surface area (Å²) in [4.78, 5) is 15.0. The van der Waals surface area contributed by atoms with E-state index in [4.69, 9.17) is 4.74 Å². The highest BCUT2D eigenvalue weighted by Gasteiger charge is 2.30. The molecule has 86 valence electrons. The van der Waals surface area contributed by atoms with Crippen molar-refractivity contribution in [3.63, 3.8) is 0 Å². The maximum atomic E-state index is 12.0. The molecule has 1 amide bonds. The molecule has 4 heteroatoms. The number of benzene rings is 1. The molecule has 0 N–H and O–H groups in total. The van der Waals surface area contributed by atoms with Crippen LogP contribution in [0.2, 0.25) is 0 Å². The first-order valence-electron chi connectivity index (χ1n) is 5.20. The van der Waals surface area contributed by atoms with Crippen molar-refractivity contribution in [2.45, 2.75) is 11.0 Å². The van der Waals surface area contributed by atoms with Gasteiger partial charge >= 0.3 is 0 Å². The van der Waals surface area contributed by atoms with Gasteiger partial charge in [0.2, 0.25) is 0 Å². The van der Waals surface area contributed by atoms with E-state index in [9.17, 15) is 4.79 Å². The Hall–Kier alpha value is -1.00. The first-order valence-corrected chi connectivity index (χ1v) is 6.43. The fourth-order valence-electron chi connectivity index (χ4n) is 1.69. The first kappa shape index (κ1) is 11.5. The van der Waals surface area contributed by atoms with Crippen LogP contribution in [0.4, 0.5) is 0 Å². The van der Waals surface area contributed by atoms with E-state index in [-0.39, 0.29) is 12.0 Å². The van der Waals surface area contributed by atoms with Crippen LogP contribution in [0.3, 0.4) is 0 Å². The quantitative estimate of drug-likeness (QED) is 0.752. The normalized spacial score (nSPS) is 16.0. The van der Waals surface area contributed by atoms with Gasteiger partial charge in [0, 0.05) is 30.7 Å². The molecule has 0 spiro atoms. The molecule has 1 aromatic rings. The smallest absolute Gasteiger partial charge is 0.254 e. The maximum Gasteiger partial charge on any atom is 0.254 e. The van der Waals surface area contributed by atoms with Crippen LogP contribution in [0.15, 0.2) is 29.2 Å². The molecule has 0 aromatic heterocycles. The third-order valence-corrected chi connectivity index (χ3v) is 3.51. The lowest BCUT2D eigenvalue weighted by atomic mass is 10.1. The van der Waals surface area contributed by atoms with E-state index < -0.39 is 0 Å². The highest BCUT2D eigenvalue weighted by Crippen LogP contribution is 2.19. The summed E-state index contributed by atoms with van der Waals surface area (Å²) >= 11 is 1.65. The van der Waals surface area contributed by atoms with E-state index in [0.717, 1.165) is 10.5 Å². The van der Waals surface area contributed by atoms with Gasteiger partial charge in [-0.1, -0.05) is 6.07 Å². The molecule has 0 atom stereocenters. The Labute approximate surface area is 99.8 Å². The summed E-state index contributed by atoms with van der Waals surface area (Å²) in [6.45, 7) is 1.41. The van der Waals surface area contributed by atoms with Crippen molar-refractivity contribution in [3.05, 3.63) is 29.8 Å². The minimum Gasteiger partial charge on any atom is -0.378 e. The van der Waals surface area contributed by atoms with E-state index in [1.54, 1.807) is 18.9 Å². The van der Waals surface area contributed by atoms with Crippen LogP contribution >= 0.6 is 11.8 Å². The summed E-state index contributed by atoms with van der Waals surface area (Å²) in [5.74, 6) is 0.101. The van der Waals surface area contributed by atoms with Crippen molar-refractivity contribution >= 4 is 17.7 Å². The summed E-state index contributed by atoms with van der Waals surface area (Å²) in [7, 11) is 1.68. The third kappa shape index (κ3) is 2.23. The number of thioether (sulfide) groups is 1. The third-order valence-electron chi connectivity index (χ3n) is 2.79. The van der Waals surface area contributed by atoms with Crippen LogP contribution in [0.1, 0.15) is 10.4 Å². The van der Waals surface area contributed by atoms with Gasteiger partial charge in [-0.3, -0.25) is 4.79 Å². The van der Waals surface area contributed by atoms with Gasteiger partial charge in [-0.15, -0.1) is 11.8 Å². The van der Waals surface area contributed by atoms with Gasteiger partial charge in [0.05, 0.1) is 6.10 Å². The van der Waals surface area contributed by atoms with Crippen molar-refractivity contribution in [2.75, 3.05) is 26.5 Å². The number of amides is 1. The monoisotopic (exact) mass is 237 g/mol. The van der Waals surface area contributed by atoms with Crippen LogP contribution in [0, 0.1) is 0 Å². The summed E-state index contributed by atoms with van der Waals surface area (Å²) < 4.78 is 5.15. The largest absolute Gasteiger partial charge is 0.378 e. The van der Waals surface area contributed by atoms with Gasteiger partial charge in [0.1, 0.15) is 0 Å². The number of methoxy groups -OCH3 is 1. The molecule has 1 fully saturated rings.